The van der Waals surface area contributed by atoms with Gasteiger partial charge in [0.25, 0.3) is 0 Å². The van der Waals surface area contributed by atoms with Gasteiger partial charge in [0.05, 0.1) is 5.52 Å². The summed E-state index contributed by atoms with van der Waals surface area (Å²) in [4.78, 5) is 22.4. The molecule has 1 aromatic heterocycles. The van der Waals surface area contributed by atoms with Crippen molar-refractivity contribution in [1.82, 2.24) is 4.57 Å². The van der Waals surface area contributed by atoms with E-state index in [-0.39, 0.29) is 17.8 Å². The fourth-order valence-electron chi connectivity index (χ4n) is 3.52. The largest absolute Gasteiger partial charge is 0.573 e. The van der Waals surface area contributed by atoms with Crippen molar-refractivity contribution in [3.05, 3.63) is 84.6 Å². The lowest BCUT2D eigenvalue weighted by atomic mass is 10.0. The molecular formula is C24H16F3NO4. The van der Waals surface area contributed by atoms with Crippen molar-refractivity contribution in [2.75, 3.05) is 0 Å². The van der Waals surface area contributed by atoms with Crippen LogP contribution in [-0.2, 0) is 16.1 Å². The molecule has 0 radical (unpaired) electrons. The van der Waals surface area contributed by atoms with Gasteiger partial charge in [-0.05, 0) is 29.3 Å². The second kappa shape index (κ2) is 8.58. The smallest absolute Gasteiger partial charge is 0.419 e. The number of hydrogen-bond donors (Lipinski definition) is 0. The van der Waals surface area contributed by atoms with Crippen LogP contribution in [0.1, 0.15) is 5.56 Å². The molecule has 4 rings (SSSR count). The van der Waals surface area contributed by atoms with Crippen molar-refractivity contribution in [3.8, 4) is 22.6 Å². The average Bonchev–Trinajstić information content (AvgIpc) is 3.11. The Hall–Kier alpha value is -4.07. The molecule has 0 N–H and O–H groups in total. The molecule has 0 amide bonds. The van der Waals surface area contributed by atoms with Crippen LogP contribution in [0.25, 0.3) is 22.0 Å². The molecule has 0 aliphatic carbocycles. The number of carbonyl (C=O) groups is 2. The number of hydrogen-bond acceptors (Lipinski definition) is 4. The summed E-state index contributed by atoms with van der Waals surface area (Å²) in [6.07, 6.45) is -3.06. The molecule has 0 bridgehead atoms. The van der Waals surface area contributed by atoms with E-state index in [2.05, 4.69) is 4.74 Å². The molecule has 0 saturated carbocycles. The van der Waals surface area contributed by atoms with Gasteiger partial charge in [-0.1, -0.05) is 54.6 Å². The van der Waals surface area contributed by atoms with Crippen molar-refractivity contribution in [2.24, 2.45) is 0 Å². The normalized spacial score (nSPS) is 11.3. The van der Waals surface area contributed by atoms with Gasteiger partial charge >= 0.3 is 12.3 Å². The van der Waals surface area contributed by atoms with Crippen LogP contribution in [0.15, 0.2) is 79.0 Å². The fraction of sp³-hybridized carbons (Fsp3) is 0.0833. The molecule has 1 heterocycles. The third kappa shape index (κ3) is 4.64. The molecule has 162 valence electrons. The van der Waals surface area contributed by atoms with Crippen LogP contribution in [0.5, 0.6) is 11.5 Å². The summed E-state index contributed by atoms with van der Waals surface area (Å²) < 4.78 is 48.4. The van der Waals surface area contributed by atoms with Crippen LogP contribution in [-0.4, -0.2) is 23.2 Å². The number of nitrogens with zero attached hydrogens (tertiary/aromatic N) is 1. The molecule has 0 spiro atoms. The molecule has 8 heteroatoms. The topological polar surface area (TPSA) is 57.5 Å². The fourth-order valence-corrected chi connectivity index (χ4v) is 3.52. The van der Waals surface area contributed by atoms with Crippen molar-refractivity contribution in [3.63, 3.8) is 0 Å². The van der Waals surface area contributed by atoms with E-state index in [1.165, 1.54) is 24.3 Å². The summed E-state index contributed by atoms with van der Waals surface area (Å²) in [6, 6.07) is 20.4. The molecule has 0 aliphatic heterocycles. The molecule has 4 aromatic rings. The number of para-hydroxylation sites is 1. The van der Waals surface area contributed by atoms with E-state index in [1.807, 2.05) is 41.0 Å². The number of benzene rings is 3. The van der Waals surface area contributed by atoms with Crippen LogP contribution in [0.4, 0.5) is 13.2 Å². The van der Waals surface area contributed by atoms with Gasteiger partial charge in [0, 0.05) is 23.7 Å². The van der Waals surface area contributed by atoms with E-state index < -0.39 is 12.3 Å². The van der Waals surface area contributed by atoms with Crippen LogP contribution < -0.4 is 9.47 Å². The first-order chi connectivity index (χ1) is 15.3. The van der Waals surface area contributed by atoms with Crippen molar-refractivity contribution >= 4 is 23.2 Å². The summed E-state index contributed by atoms with van der Waals surface area (Å²) >= 11 is 0. The lowest BCUT2D eigenvalue weighted by Crippen LogP contribution is -2.16. The van der Waals surface area contributed by atoms with Gasteiger partial charge in [-0.15, -0.1) is 13.2 Å². The highest BCUT2D eigenvalue weighted by Gasteiger charge is 2.31. The third-order valence-corrected chi connectivity index (χ3v) is 4.76. The molecule has 5 nitrogen and oxygen atoms in total. The first kappa shape index (κ1) is 21.2. The highest BCUT2D eigenvalue weighted by atomic mass is 19.4. The number of esters is 1. The standard InChI is InChI=1S/C24H16F3NO4/c25-24(26,27)32-18-11-9-17(10-12-18)19-7-4-8-20-21(31-22(30)15-29)14-28(23(19)20)13-16-5-2-1-3-6-16/h1-12,14-15H,13H2. The van der Waals surface area contributed by atoms with E-state index in [1.54, 1.807) is 18.3 Å². The molecule has 0 aliphatic rings. The van der Waals surface area contributed by atoms with E-state index >= 15 is 0 Å². The predicted octanol–water partition coefficient (Wildman–Crippen LogP) is 5.36. The van der Waals surface area contributed by atoms with E-state index in [4.69, 9.17) is 4.74 Å². The van der Waals surface area contributed by atoms with Gasteiger partial charge in [-0.3, -0.25) is 4.79 Å². The summed E-state index contributed by atoms with van der Waals surface area (Å²) in [6.45, 7) is 0.447. The molecule has 32 heavy (non-hydrogen) atoms. The summed E-state index contributed by atoms with van der Waals surface area (Å²) in [5.41, 5.74) is 3.05. The van der Waals surface area contributed by atoms with Crippen LogP contribution in [0.3, 0.4) is 0 Å². The predicted molar refractivity (Wildman–Crippen MR) is 111 cm³/mol. The molecule has 0 saturated heterocycles. The third-order valence-electron chi connectivity index (χ3n) is 4.76. The lowest BCUT2D eigenvalue weighted by molar-refractivity contribution is -0.274. The SMILES string of the molecule is O=CC(=O)Oc1cn(Cc2ccccc2)c2c(-c3ccc(OC(F)(F)F)cc3)cccc12. The molecule has 3 aromatic carbocycles. The van der Waals surface area contributed by atoms with Gasteiger partial charge in [-0.2, -0.15) is 0 Å². The van der Waals surface area contributed by atoms with Crippen molar-refractivity contribution < 1.29 is 32.2 Å². The Morgan fingerprint density at radius 1 is 0.938 bits per heavy atom. The number of alkyl halides is 3. The molecule has 0 fully saturated rings. The van der Waals surface area contributed by atoms with Gasteiger partial charge in [0.1, 0.15) is 5.75 Å². The summed E-state index contributed by atoms with van der Waals surface area (Å²) in [7, 11) is 0. The summed E-state index contributed by atoms with van der Waals surface area (Å²) in [5.74, 6) is -1.14. The highest BCUT2D eigenvalue weighted by molar-refractivity contribution is 6.21. The Labute approximate surface area is 180 Å². The van der Waals surface area contributed by atoms with Crippen LogP contribution in [0, 0.1) is 0 Å². The van der Waals surface area contributed by atoms with E-state index in [0.29, 0.717) is 28.6 Å². The highest BCUT2D eigenvalue weighted by Crippen LogP contribution is 2.37. The molecule has 0 atom stereocenters. The number of aromatic nitrogens is 1. The first-order valence-electron chi connectivity index (χ1n) is 9.53. The quantitative estimate of drug-likeness (QED) is 0.231. The maximum atomic E-state index is 12.5. The Morgan fingerprint density at radius 2 is 1.66 bits per heavy atom. The maximum Gasteiger partial charge on any atom is 0.573 e. The van der Waals surface area contributed by atoms with Gasteiger partial charge in [0.2, 0.25) is 6.29 Å². The lowest BCUT2D eigenvalue weighted by Gasteiger charge is -2.12. The number of fused-ring (bicyclic) bond motifs is 1. The number of aldehydes is 1. The van der Waals surface area contributed by atoms with E-state index in [9.17, 15) is 22.8 Å². The Bertz CT molecular complexity index is 1260. The number of ether oxygens (including phenoxy) is 2. The average molecular weight is 439 g/mol. The summed E-state index contributed by atoms with van der Waals surface area (Å²) in [5, 5.41) is 0.587. The van der Waals surface area contributed by atoms with Crippen LogP contribution in [0.2, 0.25) is 0 Å². The zero-order valence-corrected chi connectivity index (χ0v) is 16.5. The second-order valence-electron chi connectivity index (χ2n) is 6.92. The van der Waals surface area contributed by atoms with Crippen molar-refractivity contribution in [2.45, 2.75) is 12.9 Å². The van der Waals surface area contributed by atoms with Crippen LogP contribution >= 0.6 is 0 Å². The molecule has 0 unspecified atom stereocenters. The number of carbonyl (C=O) groups excluding carboxylic acids is 2. The number of rotatable bonds is 6. The second-order valence-corrected chi connectivity index (χ2v) is 6.92. The number of halogens is 3. The monoisotopic (exact) mass is 439 g/mol. The Morgan fingerprint density at radius 3 is 2.31 bits per heavy atom. The minimum atomic E-state index is -4.77. The van der Waals surface area contributed by atoms with E-state index in [0.717, 1.165) is 5.56 Å². The van der Waals surface area contributed by atoms with Gasteiger partial charge in [-0.25, -0.2) is 4.79 Å². The minimum Gasteiger partial charge on any atom is -0.419 e. The minimum absolute atomic E-state index is 0.0869. The zero-order chi connectivity index (χ0) is 22.7. The van der Waals surface area contributed by atoms with Gasteiger partial charge in [0.15, 0.2) is 5.75 Å². The Balaban J connectivity index is 1.82. The van der Waals surface area contributed by atoms with Crippen molar-refractivity contribution in [1.29, 1.82) is 0 Å². The maximum absolute atomic E-state index is 12.5. The van der Waals surface area contributed by atoms with Gasteiger partial charge < -0.3 is 14.0 Å². The Kier molecular flexibility index (Phi) is 5.68. The first-order valence-corrected chi connectivity index (χ1v) is 9.53. The zero-order valence-electron chi connectivity index (χ0n) is 16.5. The molecular weight excluding hydrogens is 423 g/mol.